The summed E-state index contributed by atoms with van der Waals surface area (Å²) in [6.45, 7) is 3.09. The highest BCUT2D eigenvalue weighted by molar-refractivity contribution is 14.0. The van der Waals surface area contributed by atoms with Crippen molar-refractivity contribution in [3.8, 4) is 11.6 Å². The lowest BCUT2D eigenvalue weighted by Crippen LogP contribution is -2.37. The van der Waals surface area contributed by atoms with E-state index in [1.165, 1.54) is 25.0 Å². The van der Waals surface area contributed by atoms with Crippen LogP contribution in [0.15, 0.2) is 47.6 Å². The number of aromatic nitrogens is 1. The zero-order valence-corrected chi connectivity index (χ0v) is 18.9. The fourth-order valence-electron chi connectivity index (χ4n) is 2.52. The van der Waals surface area contributed by atoms with Crippen LogP contribution in [-0.4, -0.2) is 37.7 Å². The second kappa shape index (κ2) is 12.6. The van der Waals surface area contributed by atoms with E-state index in [0.29, 0.717) is 18.2 Å². The zero-order chi connectivity index (χ0) is 19.6. The van der Waals surface area contributed by atoms with Gasteiger partial charge in [-0.2, -0.15) is 0 Å². The Hall–Kier alpha value is -1.94. The molecule has 0 amide bonds. The Bertz CT molecular complexity index is 752. The molecule has 2 aromatic rings. The van der Waals surface area contributed by atoms with Gasteiger partial charge in [-0.05, 0) is 55.0 Å². The lowest BCUT2D eigenvalue weighted by Gasteiger charge is -2.12. The second-order valence-corrected chi connectivity index (χ2v) is 6.79. The summed E-state index contributed by atoms with van der Waals surface area (Å²) in [5, 5.41) is 6.53. The average molecular weight is 514 g/mol. The SMILES string of the molecule is CN=C(NCCCOCC1CC1)NCc1ccc(Oc2ccc(F)cc2)nc1.I. The van der Waals surface area contributed by atoms with Crippen molar-refractivity contribution in [1.29, 1.82) is 0 Å². The molecule has 0 unspecified atom stereocenters. The molecule has 29 heavy (non-hydrogen) atoms. The fraction of sp³-hybridized carbons (Fsp3) is 0.429. The smallest absolute Gasteiger partial charge is 0.219 e. The van der Waals surface area contributed by atoms with Crippen molar-refractivity contribution >= 4 is 29.9 Å². The first-order chi connectivity index (χ1) is 13.7. The Labute approximate surface area is 188 Å². The summed E-state index contributed by atoms with van der Waals surface area (Å²) >= 11 is 0. The van der Waals surface area contributed by atoms with Crippen LogP contribution >= 0.6 is 24.0 Å². The molecule has 1 heterocycles. The molecule has 0 saturated heterocycles. The number of aliphatic imine (C=N–C) groups is 1. The Morgan fingerprint density at radius 1 is 1.17 bits per heavy atom. The number of halogens is 2. The molecule has 1 aromatic heterocycles. The molecule has 1 aromatic carbocycles. The third-order valence-electron chi connectivity index (χ3n) is 4.33. The minimum absolute atomic E-state index is 0. The quantitative estimate of drug-likeness (QED) is 0.216. The van der Waals surface area contributed by atoms with Crippen LogP contribution in [0.3, 0.4) is 0 Å². The molecule has 1 fully saturated rings. The number of guanidine groups is 1. The average Bonchev–Trinajstić information content (AvgIpc) is 3.54. The summed E-state index contributed by atoms with van der Waals surface area (Å²) < 4.78 is 24.1. The molecule has 3 rings (SSSR count). The molecule has 158 valence electrons. The Kier molecular flexibility index (Phi) is 10.1. The molecule has 0 spiro atoms. The summed E-state index contributed by atoms with van der Waals surface area (Å²) in [5.41, 5.74) is 1.00. The number of pyridine rings is 1. The second-order valence-electron chi connectivity index (χ2n) is 6.79. The Balaban J connectivity index is 0.00000300. The molecular formula is C21H28FIN4O2. The van der Waals surface area contributed by atoms with E-state index < -0.39 is 0 Å². The van der Waals surface area contributed by atoms with Gasteiger partial charge in [0, 0.05) is 45.6 Å². The third-order valence-corrected chi connectivity index (χ3v) is 4.33. The Morgan fingerprint density at radius 2 is 1.97 bits per heavy atom. The van der Waals surface area contributed by atoms with Gasteiger partial charge in [-0.1, -0.05) is 6.07 Å². The minimum Gasteiger partial charge on any atom is -0.439 e. The van der Waals surface area contributed by atoms with Gasteiger partial charge >= 0.3 is 0 Å². The van der Waals surface area contributed by atoms with Gasteiger partial charge in [-0.25, -0.2) is 9.37 Å². The third kappa shape index (κ3) is 8.95. The number of benzene rings is 1. The molecular weight excluding hydrogens is 486 g/mol. The van der Waals surface area contributed by atoms with Crippen molar-refractivity contribution in [2.45, 2.75) is 25.8 Å². The first-order valence-electron chi connectivity index (χ1n) is 9.63. The molecule has 8 heteroatoms. The monoisotopic (exact) mass is 514 g/mol. The van der Waals surface area contributed by atoms with Crippen molar-refractivity contribution in [2.24, 2.45) is 10.9 Å². The van der Waals surface area contributed by atoms with E-state index in [-0.39, 0.29) is 29.8 Å². The molecule has 2 N–H and O–H groups in total. The van der Waals surface area contributed by atoms with Gasteiger partial charge in [0.15, 0.2) is 5.96 Å². The van der Waals surface area contributed by atoms with E-state index in [1.807, 2.05) is 6.07 Å². The Morgan fingerprint density at radius 3 is 2.62 bits per heavy atom. The van der Waals surface area contributed by atoms with Crippen molar-refractivity contribution in [3.05, 3.63) is 54.0 Å². The summed E-state index contributed by atoms with van der Waals surface area (Å²) in [4.78, 5) is 8.50. The van der Waals surface area contributed by atoms with E-state index >= 15 is 0 Å². The van der Waals surface area contributed by atoms with Crippen LogP contribution in [0.4, 0.5) is 4.39 Å². The summed E-state index contributed by atoms with van der Waals surface area (Å²) in [5.74, 6) is 2.27. The minimum atomic E-state index is -0.297. The normalized spacial score (nSPS) is 13.5. The molecule has 0 aliphatic heterocycles. The van der Waals surface area contributed by atoms with Crippen LogP contribution in [0.25, 0.3) is 0 Å². The number of hydrogen-bond acceptors (Lipinski definition) is 4. The number of nitrogens with zero attached hydrogens (tertiary/aromatic N) is 2. The molecule has 1 saturated carbocycles. The maximum absolute atomic E-state index is 12.9. The van der Waals surface area contributed by atoms with Gasteiger partial charge in [0.2, 0.25) is 5.88 Å². The number of ether oxygens (including phenoxy) is 2. The molecule has 6 nitrogen and oxygen atoms in total. The molecule has 0 bridgehead atoms. The molecule has 1 aliphatic carbocycles. The summed E-state index contributed by atoms with van der Waals surface area (Å²) in [7, 11) is 1.75. The van der Waals surface area contributed by atoms with Crippen LogP contribution in [0, 0.1) is 11.7 Å². The molecule has 1 aliphatic rings. The van der Waals surface area contributed by atoms with E-state index in [0.717, 1.165) is 43.6 Å². The van der Waals surface area contributed by atoms with Crippen LogP contribution < -0.4 is 15.4 Å². The van der Waals surface area contributed by atoms with Gasteiger partial charge < -0.3 is 20.1 Å². The molecule has 0 radical (unpaired) electrons. The van der Waals surface area contributed by atoms with Gasteiger partial charge in [-0.3, -0.25) is 4.99 Å². The van der Waals surface area contributed by atoms with Crippen LogP contribution in [0.5, 0.6) is 11.6 Å². The van der Waals surface area contributed by atoms with Crippen molar-refractivity contribution in [1.82, 2.24) is 15.6 Å². The highest BCUT2D eigenvalue weighted by Crippen LogP contribution is 2.28. The van der Waals surface area contributed by atoms with Crippen molar-refractivity contribution in [3.63, 3.8) is 0 Å². The first-order valence-corrected chi connectivity index (χ1v) is 9.63. The number of nitrogens with one attached hydrogen (secondary N) is 2. The highest BCUT2D eigenvalue weighted by Gasteiger charge is 2.20. The van der Waals surface area contributed by atoms with Crippen LogP contribution in [-0.2, 0) is 11.3 Å². The van der Waals surface area contributed by atoms with E-state index in [9.17, 15) is 4.39 Å². The maximum Gasteiger partial charge on any atom is 0.219 e. The van der Waals surface area contributed by atoms with E-state index in [2.05, 4.69) is 20.6 Å². The largest absolute Gasteiger partial charge is 0.439 e. The molecule has 0 atom stereocenters. The van der Waals surface area contributed by atoms with Gasteiger partial charge in [0.25, 0.3) is 0 Å². The van der Waals surface area contributed by atoms with Gasteiger partial charge in [0.1, 0.15) is 11.6 Å². The van der Waals surface area contributed by atoms with E-state index in [1.54, 1.807) is 31.4 Å². The summed E-state index contributed by atoms with van der Waals surface area (Å²) in [6.07, 6.45) is 5.33. The zero-order valence-electron chi connectivity index (χ0n) is 16.6. The predicted octanol–water partition coefficient (Wildman–Crippen LogP) is 4.11. The predicted molar refractivity (Wildman–Crippen MR) is 122 cm³/mol. The topological polar surface area (TPSA) is 67.8 Å². The first kappa shape index (κ1) is 23.3. The van der Waals surface area contributed by atoms with Gasteiger partial charge in [-0.15, -0.1) is 24.0 Å². The number of rotatable bonds is 10. The fourth-order valence-corrected chi connectivity index (χ4v) is 2.52. The van der Waals surface area contributed by atoms with Crippen molar-refractivity contribution in [2.75, 3.05) is 26.8 Å². The van der Waals surface area contributed by atoms with E-state index in [4.69, 9.17) is 9.47 Å². The van der Waals surface area contributed by atoms with Crippen LogP contribution in [0.2, 0.25) is 0 Å². The van der Waals surface area contributed by atoms with Crippen molar-refractivity contribution < 1.29 is 13.9 Å². The number of hydrogen-bond donors (Lipinski definition) is 2. The highest BCUT2D eigenvalue weighted by atomic mass is 127. The standard InChI is InChI=1S/C21H27FN4O2.HI/c1-23-21(24-11-2-12-27-15-16-3-4-16)26-14-17-5-10-20(25-13-17)28-19-8-6-18(22)7-9-19;/h5-10,13,16H,2-4,11-12,14-15H2,1H3,(H2,23,24,26);1H. The van der Waals surface area contributed by atoms with Gasteiger partial charge in [0.05, 0.1) is 0 Å². The maximum atomic E-state index is 12.9. The lowest BCUT2D eigenvalue weighted by atomic mass is 10.3. The lowest BCUT2D eigenvalue weighted by molar-refractivity contribution is 0.123. The summed E-state index contributed by atoms with van der Waals surface area (Å²) in [6, 6.07) is 9.56. The van der Waals surface area contributed by atoms with Crippen LogP contribution in [0.1, 0.15) is 24.8 Å².